The first kappa shape index (κ1) is 17.2. The van der Waals surface area contributed by atoms with Gasteiger partial charge in [-0.1, -0.05) is 41.9 Å². The fraction of sp³-hybridized carbons (Fsp3) is 0.100. The Bertz CT molecular complexity index is 1140. The zero-order valence-corrected chi connectivity index (χ0v) is 15.3. The lowest BCUT2D eigenvalue weighted by Gasteiger charge is -2.08. The van der Waals surface area contributed by atoms with Crippen LogP contribution in [0.5, 0.6) is 0 Å². The lowest BCUT2D eigenvalue weighted by molar-refractivity contribution is -0.115. The molecule has 0 spiro atoms. The molecule has 0 aliphatic rings. The monoisotopic (exact) mass is 377 g/mol. The van der Waals surface area contributed by atoms with E-state index in [0.29, 0.717) is 16.4 Å². The smallest absolute Gasteiger partial charge is 0.228 e. The highest BCUT2D eigenvalue weighted by Gasteiger charge is 2.09. The molecule has 0 unspecified atom stereocenters. The molecule has 0 fully saturated rings. The molecule has 1 amide bonds. The van der Waals surface area contributed by atoms with Crippen LogP contribution in [0.2, 0.25) is 5.02 Å². The maximum atomic E-state index is 12.4. The fourth-order valence-electron chi connectivity index (χ4n) is 2.83. The standard InChI is InChI=1S/C20H16ClN5O/c1-13-23-24-19-10-9-18(25-26(13)19)15-6-4-7-16(11-15)22-20(27)12-14-5-2-3-8-17(14)21/h2-11H,12H2,1H3,(H,22,27). The molecule has 0 radical (unpaired) electrons. The summed E-state index contributed by atoms with van der Waals surface area (Å²) in [4.78, 5) is 12.4. The van der Waals surface area contributed by atoms with Crippen LogP contribution in [0.1, 0.15) is 11.4 Å². The van der Waals surface area contributed by atoms with Gasteiger partial charge in [0.25, 0.3) is 0 Å². The van der Waals surface area contributed by atoms with Gasteiger partial charge in [0.05, 0.1) is 12.1 Å². The van der Waals surface area contributed by atoms with E-state index in [4.69, 9.17) is 11.6 Å². The summed E-state index contributed by atoms with van der Waals surface area (Å²) in [5.41, 5.74) is 3.85. The molecule has 0 bridgehead atoms. The van der Waals surface area contributed by atoms with Crippen LogP contribution < -0.4 is 5.32 Å². The van der Waals surface area contributed by atoms with Crippen molar-refractivity contribution in [1.29, 1.82) is 0 Å². The van der Waals surface area contributed by atoms with Crippen molar-refractivity contribution in [3.8, 4) is 11.3 Å². The van der Waals surface area contributed by atoms with Crippen LogP contribution >= 0.6 is 11.6 Å². The Morgan fingerprint density at radius 1 is 1.07 bits per heavy atom. The topological polar surface area (TPSA) is 72.2 Å². The van der Waals surface area contributed by atoms with E-state index >= 15 is 0 Å². The lowest BCUT2D eigenvalue weighted by atomic mass is 10.1. The van der Waals surface area contributed by atoms with Crippen molar-refractivity contribution in [2.75, 3.05) is 5.32 Å². The molecule has 1 N–H and O–H groups in total. The zero-order valence-electron chi connectivity index (χ0n) is 14.6. The Morgan fingerprint density at radius 3 is 2.78 bits per heavy atom. The van der Waals surface area contributed by atoms with Crippen molar-refractivity contribution in [2.24, 2.45) is 0 Å². The van der Waals surface area contributed by atoms with Crippen molar-refractivity contribution in [3.05, 3.63) is 77.1 Å². The molecule has 4 aromatic rings. The maximum absolute atomic E-state index is 12.4. The average molecular weight is 378 g/mol. The molecule has 2 heterocycles. The molecular formula is C20H16ClN5O. The second kappa shape index (κ2) is 7.17. The SMILES string of the molecule is Cc1nnc2ccc(-c3cccc(NC(=O)Cc4ccccc4Cl)c3)nn12. The minimum absolute atomic E-state index is 0.127. The van der Waals surface area contributed by atoms with Crippen molar-refractivity contribution in [3.63, 3.8) is 0 Å². The van der Waals surface area contributed by atoms with Gasteiger partial charge < -0.3 is 5.32 Å². The molecule has 6 nitrogen and oxygen atoms in total. The molecule has 27 heavy (non-hydrogen) atoms. The average Bonchev–Trinajstić information content (AvgIpc) is 3.04. The molecule has 0 aliphatic heterocycles. The van der Waals surface area contributed by atoms with Gasteiger partial charge >= 0.3 is 0 Å². The number of rotatable bonds is 4. The van der Waals surface area contributed by atoms with E-state index in [9.17, 15) is 4.79 Å². The Balaban J connectivity index is 1.55. The van der Waals surface area contributed by atoms with E-state index in [-0.39, 0.29) is 12.3 Å². The number of carbonyl (C=O) groups is 1. The highest BCUT2D eigenvalue weighted by molar-refractivity contribution is 6.31. The normalized spacial score (nSPS) is 10.9. The Labute approximate surface area is 160 Å². The second-order valence-electron chi connectivity index (χ2n) is 6.13. The number of amides is 1. The number of carbonyl (C=O) groups excluding carboxylic acids is 1. The van der Waals surface area contributed by atoms with Crippen LogP contribution in [-0.4, -0.2) is 25.7 Å². The first-order valence-electron chi connectivity index (χ1n) is 8.43. The molecular weight excluding hydrogens is 362 g/mol. The van der Waals surface area contributed by atoms with E-state index < -0.39 is 0 Å². The van der Waals surface area contributed by atoms with E-state index in [0.717, 1.165) is 22.6 Å². The van der Waals surface area contributed by atoms with E-state index in [1.54, 1.807) is 10.6 Å². The molecule has 0 saturated carbocycles. The van der Waals surface area contributed by atoms with Crippen molar-refractivity contribution in [2.45, 2.75) is 13.3 Å². The van der Waals surface area contributed by atoms with E-state index in [1.165, 1.54) is 0 Å². The summed E-state index contributed by atoms with van der Waals surface area (Å²) in [5, 5.41) is 16.1. The Hall–Kier alpha value is -3.25. The number of nitrogens with one attached hydrogen (secondary N) is 1. The number of hydrogen-bond acceptors (Lipinski definition) is 4. The van der Waals surface area contributed by atoms with E-state index in [1.807, 2.05) is 61.5 Å². The summed E-state index contributed by atoms with van der Waals surface area (Å²) in [5.74, 6) is 0.592. The van der Waals surface area contributed by atoms with Crippen LogP contribution in [0.3, 0.4) is 0 Å². The fourth-order valence-corrected chi connectivity index (χ4v) is 3.03. The molecule has 0 atom stereocenters. The van der Waals surface area contributed by atoms with Gasteiger partial charge in [0.15, 0.2) is 11.5 Å². The third-order valence-electron chi connectivity index (χ3n) is 4.17. The molecule has 7 heteroatoms. The quantitative estimate of drug-likeness (QED) is 0.584. The second-order valence-corrected chi connectivity index (χ2v) is 6.54. The first-order valence-corrected chi connectivity index (χ1v) is 8.81. The van der Waals surface area contributed by atoms with Crippen LogP contribution in [0, 0.1) is 6.92 Å². The van der Waals surface area contributed by atoms with Crippen LogP contribution in [0.15, 0.2) is 60.7 Å². The van der Waals surface area contributed by atoms with Gasteiger partial charge in [0.1, 0.15) is 0 Å². The number of benzene rings is 2. The summed E-state index contributed by atoms with van der Waals surface area (Å²) in [6.07, 6.45) is 0.216. The summed E-state index contributed by atoms with van der Waals surface area (Å²) in [7, 11) is 0. The molecule has 0 aliphatic carbocycles. The lowest BCUT2D eigenvalue weighted by Crippen LogP contribution is -2.14. The summed E-state index contributed by atoms with van der Waals surface area (Å²) in [6, 6.07) is 18.6. The van der Waals surface area contributed by atoms with Gasteiger partial charge in [-0.05, 0) is 42.8 Å². The highest BCUT2D eigenvalue weighted by atomic mass is 35.5. The Kier molecular flexibility index (Phi) is 4.56. The zero-order chi connectivity index (χ0) is 18.8. The van der Waals surface area contributed by atoms with Gasteiger partial charge in [0, 0.05) is 16.3 Å². The van der Waals surface area contributed by atoms with Crippen molar-refractivity contribution in [1.82, 2.24) is 19.8 Å². The third kappa shape index (κ3) is 3.66. The van der Waals surface area contributed by atoms with Crippen LogP contribution in [0.4, 0.5) is 5.69 Å². The Morgan fingerprint density at radius 2 is 1.93 bits per heavy atom. The molecule has 0 saturated heterocycles. The van der Waals surface area contributed by atoms with Gasteiger partial charge in [-0.3, -0.25) is 4.79 Å². The van der Waals surface area contributed by atoms with Gasteiger partial charge in [-0.25, -0.2) is 0 Å². The number of aryl methyl sites for hydroxylation is 1. The number of aromatic nitrogens is 4. The molecule has 134 valence electrons. The highest BCUT2D eigenvalue weighted by Crippen LogP contribution is 2.22. The predicted octanol–water partition coefficient (Wildman–Crippen LogP) is 3.93. The summed E-state index contributed by atoms with van der Waals surface area (Å²) < 4.78 is 1.69. The van der Waals surface area contributed by atoms with Gasteiger partial charge in [0.2, 0.25) is 5.91 Å². The number of halogens is 1. The van der Waals surface area contributed by atoms with Crippen LogP contribution in [0.25, 0.3) is 16.9 Å². The summed E-state index contributed by atoms with van der Waals surface area (Å²) in [6.45, 7) is 1.85. The number of hydrogen-bond donors (Lipinski definition) is 1. The van der Waals surface area contributed by atoms with E-state index in [2.05, 4.69) is 20.6 Å². The van der Waals surface area contributed by atoms with Crippen LogP contribution in [-0.2, 0) is 11.2 Å². The minimum Gasteiger partial charge on any atom is -0.326 e. The number of fused-ring (bicyclic) bond motifs is 1. The van der Waals surface area contributed by atoms with Gasteiger partial charge in [-0.2, -0.15) is 9.61 Å². The molecule has 4 rings (SSSR count). The van der Waals surface area contributed by atoms with Gasteiger partial charge in [-0.15, -0.1) is 10.2 Å². The number of nitrogens with zero attached hydrogens (tertiary/aromatic N) is 4. The summed E-state index contributed by atoms with van der Waals surface area (Å²) >= 11 is 6.13. The molecule has 2 aromatic heterocycles. The maximum Gasteiger partial charge on any atom is 0.228 e. The number of anilines is 1. The minimum atomic E-state index is -0.127. The first-order chi connectivity index (χ1) is 13.1. The van der Waals surface area contributed by atoms with Crippen molar-refractivity contribution >= 4 is 28.8 Å². The largest absolute Gasteiger partial charge is 0.326 e. The molecule has 2 aromatic carbocycles. The van der Waals surface area contributed by atoms with Crippen molar-refractivity contribution < 1.29 is 4.79 Å². The predicted molar refractivity (Wildman–Crippen MR) is 105 cm³/mol. The third-order valence-corrected chi connectivity index (χ3v) is 4.54.